The number of esters is 1. The molecule has 0 atom stereocenters. The molecule has 1 N–H and O–H groups in total. The molecule has 0 fully saturated rings. The van der Waals surface area contributed by atoms with Gasteiger partial charge in [0.2, 0.25) is 5.91 Å². The van der Waals surface area contributed by atoms with Crippen LogP contribution in [0.3, 0.4) is 0 Å². The van der Waals surface area contributed by atoms with Gasteiger partial charge < -0.3 is 10.1 Å². The lowest BCUT2D eigenvalue weighted by Crippen LogP contribution is -2.36. The lowest BCUT2D eigenvalue weighted by Gasteiger charge is -2.07. The Morgan fingerprint density at radius 3 is 2.57 bits per heavy atom. The second-order valence-electron chi connectivity index (χ2n) is 6.28. The predicted molar refractivity (Wildman–Crippen MR) is 100 cm³/mol. The van der Waals surface area contributed by atoms with Crippen LogP contribution < -0.4 is 10.9 Å². The second-order valence-corrected chi connectivity index (χ2v) is 6.28. The summed E-state index contributed by atoms with van der Waals surface area (Å²) in [5, 5.41) is 10.4. The van der Waals surface area contributed by atoms with Crippen LogP contribution in [0.5, 0.6) is 0 Å². The molecule has 10 nitrogen and oxygen atoms in total. The normalized spacial score (nSPS) is 10.8. The van der Waals surface area contributed by atoms with E-state index in [1.165, 1.54) is 11.0 Å². The molecule has 28 heavy (non-hydrogen) atoms. The van der Waals surface area contributed by atoms with Gasteiger partial charge in [0, 0.05) is 0 Å². The van der Waals surface area contributed by atoms with Crippen LogP contribution in [0.4, 0.5) is 0 Å². The van der Waals surface area contributed by atoms with Crippen LogP contribution >= 0.6 is 0 Å². The molecule has 10 heteroatoms. The van der Waals surface area contributed by atoms with E-state index in [1.54, 1.807) is 6.92 Å². The topological polar surface area (TPSA) is 121 Å². The Hall–Kier alpha value is -3.56. The minimum atomic E-state index is -0.548. The van der Waals surface area contributed by atoms with Gasteiger partial charge in [-0.2, -0.15) is 4.68 Å². The molecule has 1 amide bonds. The van der Waals surface area contributed by atoms with Gasteiger partial charge in [-0.05, 0) is 44.0 Å². The van der Waals surface area contributed by atoms with E-state index in [-0.39, 0.29) is 25.2 Å². The summed E-state index contributed by atoms with van der Waals surface area (Å²) in [6.07, 6.45) is 1.26. The van der Waals surface area contributed by atoms with E-state index in [0.29, 0.717) is 5.65 Å². The fourth-order valence-corrected chi connectivity index (χ4v) is 2.80. The maximum atomic E-state index is 12.6. The molecule has 0 radical (unpaired) electrons. The number of aromatic nitrogens is 5. The number of nitrogens with one attached hydrogen (secondary N) is 1. The molecule has 2 aromatic heterocycles. The van der Waals surface area contributed by atoms with E-state index >= 15 is 0 Å². The average molecular weight is 384 g/mol. The molecular formula is C18H20N6O4. The molecule has 0 saturated heterocycles. The van der Waals surface area contributed by atoms with E-state index < -0.39 is 17.4 Å². The molecule has 3 aromatic rings. The predicted octanol–water partition coefficient (Wildman–Crippen LogP) is 0.273. The number of carbonyl (C=O) groups excluding carboxylic acids is 2. The highest BCUT2D eigenvalue weighted by Gasteiger charge is 2.15. The zero-order valence-corrected chi connectivity index (χ0v) is 15.8. The summed E-state index contributed by atoms with van der Waals surface area (Å²) in [4.78, 5) is 40.1. The Morgan fingerprint density at radius 1 is 1.18 bits per heavy atom. The smallest absolute Gasteiger partial charge is 0.325 e. The van der Waals surface area contributed by atoms with Crippen molar-refractivity contribution in [1.29, 1.82) is 0 Å². The maximum absolute atomic E-state index is 12.6. The van der Waals surface area contributed by atoms with E-state index in [1.807, 2.05) is 32.0 Å². The first-order valence-electron chi connectivity index (χ1n) is 8.71. The molecule has 1 aromatic carbocycles. The first kappa shape index (κ1) is 19.2. The van der Waals surface area contributed by atoms with E-state index in [4.69, 9.17) is 4.74 Å². The van der Waals surface area contributed by atoms with Gasteiger partial charge in [-0.15, -0.1) is 5.10 Å². The summed E-state index contributed by atoms with van der Waals surface area (Å²) < 4.78 is 7.33. The minimum absolute atomic E-state index is 0.0554. The van der Waals surface area contributed by atoms with Crippen molar-refractivity contribution in [3.63, 3.8) is 0 Å². The zero-order chi connectivity index (χ0) is 20.3. The number of benzene rings is 1. The minimum Gasteiger partial charge on any atom is -0.465 e. The van der Waals surface area contributed by atoms with Gasteiger partial charge in [0.05, 0.1) is 12.3 Å². The largest absolute Gasteiger partial charge is 0.465 e. The van der Waals surface area contributed by atoms with E-state index in [2.05, 4.69) is 20.6 Å². The van der Waals surface area contributed by atoms with Crippen LogP contribution in [0.1, 0.15) is 18.1 Å². The van der Waals surface area contributed by atoms with Gasteiger partial charge in [-0.3, -0.25) is 19.0 Å². The summed E-state index contributed by atoms with van der Waals surface area (Å²) >= 11 is 0. The Labute approximate surface area is 160 Å². The highest BCUT2D eigenvalue weighted by molar-refractivity contribution is 5.82. The van der Waals surface area contributed by atoms with Crippen molar-refractivity contribution < 1.29 is 14.3 Å². The van der Waals surface area contributed by atoms with Gasteiger partial charge in [0.1, 0.15) is 19.4 Å². The van der Waals surface area contributed by atoms with Gasteiger partial charge in [0.25, 0.3) is 5.56 Å². The van der Waals surface area contributed by atoms with Crippen molar-refractivity contribution in [3.05, 3.63) is 46.0 Å². The van der Waals surface area contributed by atoms with Gasteiger partial charge >= 0.3 is 5.97 Å². The number of nitrogens with zero attached hydrogens (tertiary/aromatic N) is 5. The standard InChI is InChI=1S/C18H20N6O4/c1-4-28-15(26)8-19-14(25)9-23-10-20-17-16(18(23)27)21-22-24(17)13-6-11(2)5-12(3)7-13/h5-7,10H,4,8-9H2,1-3H3,(H,19,25). The third kappa shape index (κ3) is 4.05. The van der Waals surface area contributed by atoms with E-state index in [0.717, 1.165) is 21.4 Å². The molecule has 0 aliphatic carbocycles. The summed E-state index contributed by atoms with van der Waals surface area (Å²) in [5.74, 6) is -1.06. The van der Waals surface area contributed by atoms with Gasteiger partial charge in [0.15, 0.2) is 11.2 Å². The number of hydrogen-bond donors (Lipinski definition) is 1. The van der Waals surface area contributed by atoms with Crippen LogP contribution in [0, 0.1) is 13.8 Å². The maximum Gasteiger partial charge on any atom is 0.325 e. The monoisotopic (exact) mass is 384 g/mol. The molecule has 0 aliphatic rings. The number of hydrogen-bond acceptors (Lipinski definition) is 7. The number of fused-ring (bicyclic) bond motifs is 1. The first-order valence-corrected chi connectivity index (χ1v) is 8.71. The number of aryl methyl sites for hydroxylation is 2. The van der Waals surface area contributed by atoms with Crippen LogP contribution in [0.2, 0.25) is 0 Å². The Kier molecular flexibility index (Phi) is 5.48. The molecule has 0 saturated carbocycles. The molecule has 146 valence electrons. The molecule has 3 rings (SSSR count). The van der Waals surface area contributed by atoms with Gasteiger partial charge in [-0.1, -0.05) is 11.3 Å². The molecular weight excluding hydrogens is 364 g/mol. The fourth-order valence-electron chi connectivity index (χ4n) is 2.80. The lowest BCUT2D eigenvalue weighted by molar-refractivity contribution is -0.143. The van der Waals surface area contributed by atoms with Crippen LogP contribution in [0.15, 0.2) is 29.3 Å². The van der Waals surface area contributed by atoms with Gasteiger partial charge in [-0.25, -0.2) is 4.98 Å². The summed E-state index contributed by atoms with van der Waals surface area (Å²) in [7, 11) is 0. The summed E-state index contributed by atoms with van der Waals surface area (Å²) in [5.41, 5.74) is 2.71. The summed E-state index contributed by atoms with van der Waals surface area (Å²) in [6, 6.07) is 5.85. The fraction of sp³-hybridized carbons (Fsp3) is 0.333. The highest BCUT2D eigenvalue weighted by Crippen LogP contribution is 2.15. The lowest BCUT2D eigenvalue weighted by atomic mass is 10.1. The second kappa shape index (κ2) is 7.99. The number of ether oxygens (including phenoxy) is 1. The Morgan fingerprint density at radius 2 is 1.89 bits per heavy atom. The molecule has 0 unspecified atom stereocenters. The van der Waals surface area contributed by atoms with Crippen molar-refractivity contribution in [3.8, 4) is 5.69 Å². The highest BCUT2D eigenvalue weighted by atomic mass is 16.5. The van der Waals surface area contributed by atoms with Crippen molar-refractivity contribution >= 4 is 23.0 Å². The Balaban J connectivity index is 1.84. The summed E-state index contributed by atoms with van der Waals surface area (Å²) in [6.45, 7) is 5.27. The SMILES string of the molecule is CCOC(=O)CNC(=O)Cn1cnc2c(nnn2-c2cc(C)cc(C)c2)c1=O. The quantitative estimate of drug-likeness (QED) is 0.606. The van der Waals surface area contributed by atoms with Crippen LogP contribution in [-0.4, -0.2) is 49.6 Å². The average Bonchev–Trinajstić information content (AvgIpc) is 3.07. The Bertz CT molecular complexity index is 1080. The third-order valence-corrected chi connectivity index (χ3v) is 3.93. The molecule has 2 heterocycles. The van der Waals surface area contributed by atoms with Crippen LogP contribution in [-0.2, 0) is 20.9 Å². The number of amides is 1. The zero-order valence-electron chi connectivity index (χ0n) is 15.8. The van der Waals surface area contributed by atoms with Crippen LogP contribution in [0.25, 0.3) is 16.9 Å². The molecule has 0 bridgehead atoms. The van der Waals surface area contributed by atoms with Crippen molar-refractivity contribution in [1.82, 2.24) is 29.9 Å². The van der Waals surface area contributed by atoms with Crippen molar-refractivity contribution in [2.75, 3.05) is 13.2 Å². The molecule has 0 spiro atoms. The van der Waals surface area contributed by atoms with Crippen molar-refractivity contribution in [2.45, 2.75) is 27.3 Å². The number of carbonyl (C=O) groups is 2. The third-order valence-electron chi connectivity index (χ3n) is 3.93. The first-order chi connectivity index (χ1) is 13.4. The van der Waals surface area contributed by atoms with Crippen molar-refractivity contribution in [2.24, 2.45) is 0 Å². The van der Waals surface area contributed by atoms with E-state index in [9.17, 15) is 14.4 Å². The molecule has 0 aliphatic heterocycles. The number of rotatable bonds is 6.